The number of hydrogen-bond acceptors (Lipinski definition) is 3. The van der Waals surface area contributed by atoms with Gasteiger partial charge in [-0.1, -0.05) is 41.4 Å². The van der Waals surface area contributed by atoms with Gasteiger partial charge in [0.15, 0.2) is 11.5 Å². The molecule has 0 bridgehead atoms. The highest BCUT2D eigenvalue weighted by molar-refractivity contribution is 6.30. The van der Waals surface area contributed by atoms with Crippen LogP contribution in [0.3, 0.4) is 0 Å². The number of benzene rings is 2. The van der Waals surface area contributed by atoms with Crippen molar-refractivity contribution in [3.63, 3.8) is 0 Å². The fraction of sp³-hybridized carbons (Fsp3) is 0.286. The number of aromatic nitrogens is 2. The van der Waals surface area contributed by atoms with Gasteiger partial charge in [0.25, 0.3) is 0 Å². The lowest BCUT2D eigenvalue weighted by molar-refractivity contribution is 0.164. The van der Waals surface area contributed by atoms with E-state index in [1.165, 1.54) is 11.1 Å². The van der Waals surface area contributed by atoms with Crippen molar-refractivity contribution in [3.05, 3.63) is 77.3 Å². The summed E-state index contributed by atoms with van der Waals surface area (Å²) in [4.78, 5) is 4.12. The van der Waals surface area contributed by atoms with E-state index >= 15 is 0 Å². The minimum atomic E-state index is -0.0298. The summed E-state index contributed by atoms with van der Waals surface area (Å²) in [5, 5.41) is 0.626. The molecule has 0 N–H and O–H groups in total. The van der Waals surface area contributed by atoms with Crippen molar-refractivity contribution < 1.29 is 9.47 Å². The number of nitrogens with zero attached hydrogens (tertiary/aromatic N) is 2. The molecular weight excluding hydrogens is 348 g/mol. The van der Waals surface area contributed by atoms with E-state index in [9.17, 15) is 0 Å². The van der Waals surface area contributed by atoms with Crippen molar-refractivity contribution >= 4 is 11.6 Å². The molecule has 0 fully saturated rings. The molecule has 1 heterocycles. The van der Waals surface area contributed by atoms with Crippen LogP contribution in [0.1, 0.15) is 17.5 Å². The predicted molar refractivity (Wildman–Crippen MR) is 104 cm³/mol. The monoisotopic (exact) mass is 370 g/mol. The number of ether oxygens (including phenoxy) is 2. The lowest BCUT2D eigenvalue weighted by Gasteiger charge is -2.21. The fourth-order valence-corrected chi connectivity index (χ4v) is 2.98. The van der Waals surface area contributed by atoms with Gasteiger partial charge in [0.2, 0.25) is 0 Å². The first kappa shape index (κ1) is 18.3. The molecule has 0 amide bonds. The maximum absolute atomic E-state index is 6.28. The molecule has 0 aliphatic heterocycles. The van der Waals surface area contributed by atoms with E-state index in [1.54, 1.807) is 31.8 Å². The molecule has 0 radical (unpaired) electrons. The molecule has 0 aliphatic carbocycles. The van der Waals surface area contributed by atoms with Gasteiger partial charge in [-0.05, 0) is 37.5 Å². The number of rotatable bonds is 8. The first-order valence-electron chi connectivity index (χ1n) is 8.65. The molecule has 1 atom stereocenters. The van der Waals surface area contributed by atoms with Gasteiger partial charge in [-0.25, -0.2) is 4.98 Å². The van der Waals surface area contributed by atoms with Crippen LogP contribution in [0, 0.1) is 6.92 Å². The quantitative estimate of drug-likeness (QED) is 0.563. The van der Waals surface area contributed by atoms with Gasteiger partial charge in [-0.3, -0.25) is 0 Å². The van der Waals surface area contributed by atoms with Crippen molar-refractivity contribution in [2.24, 2.45) is 0 Å². The van der Waals surface area contributed by atoms with E-state index in [0.717, 1.165) is 12.8 Å². The molecule has 3 aromatic rings. The number of methoxy groups -OCH3 is 1. The highest BCUT2D eigenvalue weighted by atomic mass is 35.5. The lowest BCUT2D eigenvalue weighted by Crippen LogP contribution is -2.24. The maximum Gasteiger partial charge on any atom is 0.163 e. The number of hydrogen-bond donors (Lipinski definition) is 0. The van der Waals surface area contributed by atoms with Gasteiger partial charge in [0.1, 0.15) is 6.10 Å². The zero-order chi connectivity index (χ0) is 18.4. The molecule has 0 saturated carbocycles. The Balaban J connectivity index is 1.74. The Bertz CT molecular complexity index is 817. The van der Waals surface area contributed by atoms with Crippen LogP contribution in [-0.4, -0.2) is 22.8 Å². The topological polar surface area (TPSA) is 36.3 Å². The fourth-order valence-electron chi connectivity index (χ4n) is 2.82. The van der Waals surface area contributed by atoms with Crippen molar-refractivity contribution in [3.8, 4) is 11.5 Å². The summed E-state index contributed by atoms with van der Waals surface area (Å²) >= 11 is 6.14. The molecule has 26 heavy (non-hydrogen) atoms. The minimum Gasteiger partial charge on any atom is -0.493 e. The Morgan fingerprint density at radius 3 is 2.62 bits per heavy atom. The predicted octanol–water partition coefficient (Wildman–Crippen LogP) is 4.93. The number of aryl methyl sites for hydroxylation is 2. The number of halogens is 1. The van der Waals surface area contributed by atoms with E-state index in [4.69, 9.17) is 21.1 Å². The highest BCUT2D eigenvalue weighted by Crippen LogP contribution is 2.31. The lowest BCUT2D eigenvalue weighted by atomic mass is 10.1. The molecule has 5 heteroatoms. The van der Waals surface area contributed by atoms with Crippen LogP contribution in [0.15, 0.2) is 61.2 Å². The van der Waals surface area contributed by atoms with E-state index in [1.807, 2.05) is 16.8 Å². The normalized spacial score (nSPS) is 12.0. The second-order valence-electron chi connectivity index (χ2n) is 6.32. The molecule has 4 nitrogen and oxygen atoms in total. The summed E-state index contributed by atoms with van der Waals surface area (Å²) in [6, 6.07) is 14.0. The summed E-state index contributed by atoms with van der Waals surface area (Å²) in [7, 11) is 1.63. The van der Waals surface area contributed by atoms with Gasteiger partial charge in [0.05, 0.1) is 20.0 Å². The first-order chi connectivity index (χ1) is 12.6. The smallest absolute Gasteiger partial charge is 0.163 e. The van der Waals surface area contributed by atoms with Gasteiger partial charge in [0, 0.05) is 23.5 Å². The molecular formula is C21H23ClN2O2. The van der Waals surface area contributed by atoms with Crippen LogP contribution in [-0.2, 0) is 13.0 Å². The van der Waals surface area contributed by atoms with Crippen LogP contribution < -0.4 is 9.47 Å². The SMILES string of the molecule is COc1ccc(Cl)cc1OC(CCc1ccc(C)cc1)Cn1ccnc1. The Kier molecular flexibility index (Phi) is 6.18. The average Bonchev–Trinajstić information content (AvgIpc) is 3.14. The molecule has 0 spiro atoms. The van der Waals surface area contributed by atoms with Crippen molar-refractivity contribution in [2.75, 3.05) is 7.11 Å². The molecule has 136 valence electrons. The van der Waals surface area contributed by atoms with E-state index in [2.05, 4.69) is 36.2 Å². The van der Waals surface area contributed by atoms with Crippen molar-refractivity contribution in [2.45, 2.75) is 32.4 Å². The minimum absolute atomic E-state index is 0.0298. The van der Waals surface area contributed by atoms with Crippen molar-refractivity contribution in [1.82, 2.24) is 9.55 Å². The Morgan fingerprint density at radius 1 is 1.12 bits per heavy atom. The van der Waals surface area contributed by atoms with Crippen LogP contribution >= 0.6 is 11.6 Å². The zero-order valence-electron chi connectivity index (χ0n) is 15.1. The second-order valence-corrected chi connectivity index (χ2v) is 6.76. The Hall–Kier alpha value is -2.46. The van der Waals surface area contributed by atoms with Gasteiger partial charge in [-0.15, -0.1) is 0 Å². The number of imidazole rings is 1. The summed E-state index contributed by atoms with van der Waals surface area (Å²) in [6.45, 7) is 2.81. The van der Waals surface area contributed by atoms with Crippen LogP contribution in [0.5, 0.6) is 11.5 Å². The third kappa shape index (κ3) is 5.02. The van der Waals surface area contributed by atoms with Crippen molar-refractivity contribution in [1.29, 1.82) is 0 Å². The van der Waals surface area contributed by atoms with Gasteiger partial charge < -0.3 is 14.0 Å². The third-order valence-corrected chi connectivity index (χ3v) is 4.50. The van der Waals surface area contributed by atoms with E-state index in [0.29, 0.717) is 23.1 Å². The second kappa shape index (κ2) is 8.77. The first-order valence-corrected chi connectivity index (χ1v) is 9.03. The standard InChI is InChI=1S/C21H23ClN2O2/c1-16-3-5-17(6-4-16)7-9-19(14-24-12-11-23-15-24)26-21-13-18(22)8-10-20(21)25-2/h3-6,8,10-13,15,19H,7,9,14H2,1-2H3. The average molecular weight is 371 g/mol. The Morgan fingerprint density at radius 2 is 1.92 bits per heavy atom. The summed E-state index contributed by atoms with van der Waals surface area (Å²) in [5.41, 5.74) is 2.57. The summed E-state index contributed by atoms with van der Waals surface area (Å²) < 4.78 is 13.7. The largest absolute Gasteiger partial charge is 0.493 e. The Labute approximate surface area is 159 Å². The summed E-state index contributed by atoms with van der Waals surface area (Å²) in [6.07, 6.45) is 7.29. The summed E-state index contributed by atoms with van der Waals surface area (Å²) in [5.74, 6) is 1.34. The van der Waals surface area contributed by atoms with Crippen LogP contribution in [0.4, 0.5) is 0 Å². The van der Waals surface area contributed by atoms with Gasteiger partial charge >= 0.3 is 0 Å². The van der Waals surface area contributed by atoms with Gasteiger partial charge in [-0.2, -0.15) is 0 Å². The molecule has 3 rings (SSSR count). The van der Waals surface area contributed by atoms with E-state index < -0.39 is 0 Å². The zero-order valence-corrected chi connectivity index (χ0v) is 15.8. The molecule has 1 unspecified atom stereocenters. The van der Waals surface area contributed by atoms with E-state index in [-0.39, 0.29) is 6.10 Å². The van der Waals surface area contributed by atoms with Crippen LogP contribution in [0.2, 0.25) is 5.02 Å². The molecule has 0 saturated heterocycles. The third-order valence-electron chi connectivity index (χ3n) is 4.27. The molecule has 2 aromatic carbocycles. The maximum atomic E-state index is 6.28. The molecule has 1 aromatic heterocycles. The van der Waals surface area contributed by atoms with Crippen LogP contribution in [0.25, 0.3) is 0 Å². The highest BCUT2D eigenvalue weighted by Gasteiger charge is 2.15. The molecule has 0 aliphatic rings.